The summed E-state index contributed by atoms with van der Waals surface area (Å²) in [6.07, 6.45) is 2.89. The molecule has 0 atom stereocenters. The summed E-state index contributed by atoms with van der Waals surface area (Å²) in [6.45, 7) is 4.67. The van der Waals surface area contributed by atoms with E-state index < -0.39 is 11.8 Å². The number of hydrazone groups is 1. The Labute approximate surface area is 121 Å². The molecule has 1 heterocycles. The first kappa shape index (κ1) is 14.6. The van der Waals surface area contributed by atoms with Gasteiger partial charge in [0.15, 0.2) is 11.5 Å². The number of hydrogen-bond donors (Lipinski definition) is 2. The number of rotatable bonds is 4. The predicted octanol–water partition coefficient (Wildman–Crippen LogP) is 0.210. The first-order chi connectivity index (χ1) is 10.2. The fourth-order valence-corrected chi connectivity index (χ4v) is 1.60. The molecule has 0 saturated heterocycles. The van der Waals surface area contributed by atoms with Crippen molar-refractivity contribution in [1.82, 2.24) is 10.7 Å². The van der Waals surface area contributed by atoms with E-state index >= 15 is 0 Å². The van der Waals surface area contributed by atoms with Crippen LogP contribution >= 0.6 is 0 Å². The SMILES string of the molecule is C=CCNC(=O)C(=O)N/N=C\c1ccc2c(c1)OCCO2. The molecule has 0 aromatic heterocycles. The number of fused-ring (bicyclic) bond motifs is 1. The highest BCUT2D eigenvalue weighted by Gasteiger charge is 2.12. The van der Waals surface area contributed by atoms with Gasteiger partial charge in [0.25, 0.3) is 0 Å². The summed E-state index contributed by atoms with van der Waals surface area (Å²) in [6, 6.07) is 5.26. The lowest BCUT2D eigenvalue weighted by Crippen LogP contribution is -2.37. The fourth-order valence-electron chi connectivity index (χ4n) is 1.60. The number of nitrogens with zero attached hydrogens (tertiary/aromatic N) is 1. The van der Waals surface area contributed by atoms with Gasteiger partial charge in [0, 0.05) is 6.54 Å². The number of carbonyl (C=O) groups is 2. The maximum absolute atomic E-state index is 11.4. The highest BCUT2D eigenvalue weighted by atomic mass is 16.6. The average Bonchev–Trinajstić information content (AvgIpc) is 2.52. The number of amides is 2. The standard InChI is InChI=1S/C14H15N3O4/c1-2-5-15-13(18)14(19)17-16-9-10-3-4-11-12(8-10)21-7-6-20-11/h2-4,8-9H,1,5-7H2,(H,15,18)(H,17,19)/b16-9-. The molecule has 0 bridgehead atoms. The number of hydrogen-bond acceptors (Lipinski definition) is 5. The van der Waals surface area contributed by atoms with Gasteiger partial charge >= 0.3 is 11.8 Å². The lowest BCUT2D eigenvalue weighted by atomic mass is 10.2. The van der Waals surface area contributed by atoms with E-state index in [0.717, 1.165) is 0 Å². The van der Waals surface area contributed by atoms with Gasteiger partial charge in [-0.3, -0.25) is 9.59 Å². The molecule has 2 N–H and O–H groups in total. The van der Waals surface area contributed by atoms with Crippen LogP contribution in [0.1, 0.15) is 5.56 Å². The van der Waals surface area contributed by atoms with E-state index in [1.807, 2.05) is 0 Å². The summed E-state index contributed by atoms with van der Waals surface area (Å²) in [5, 5.41) is 6.05. The molecule has 1 aliphatic rings. The smallest absolute Gasteiger partial charge is 0.329 e. The zero-order valence-electron chi connectivity index (χ0n) is 11.3. The molecule has 0 radical (unpaired) electrons. The molecule has 0 fully saturated rings. The van der Waals surface area contributed by atoms with Crippen molar-refractivity contribution in [3.8, 4) is 11.5 Å². The maximum atomic E-state index is 11.4. The molecule has 7 nitrogen and oxygen atoms in total. The molecule has 0 saturated carbocycles. The van der Waals surface area contributed by atoms with Crippen molar-refractivity contribution >= 4 is 18.0 Å². The summed E-state index contributed by atoms with van der Waals surface area (Å²) in [4.78, 5) is 22.6. The predicted molar refractivity (Wildman–Crippen MR) is 76.4 cm³/mol. The zero-order valence-corrected chi connectivity index (χ0v) is 11.3. The first-order valence-electron chi connectivity index (χ1n) is 6.32. The quantitative estimate of drug-likeness (QED) is 0.359. The minimum absolute atomic E-state index is 0.220. The Morgan fingerprint density at radius 1 is 1.24 bits per heavy atom. The Morgan fingerprint density at radius 3 is 2.76 bits per heavy atom. The number of nitrogens with one attached hydrogen (secondary N) is 2. The minimum Gasteiger partial charge on any atom is -0.486 e. The van der Waals surface area contributed by atoms with E-state index in [4.69, 9.17) is 9.47 Å². The van der Waals surface area contributed by atoms with Crippen molar-refractivity contribution in [3.63, 3.8) is 0 Å². The van der Waals surface area contributed by atoms with Crippen LogP contribution in [0, 0.1) is 0 Å². The molecule has 7 heteroatoms. The number of ether oxygens (including phenoxy) is 2. The van der Waals surface area contributed by atoms with E-state index in [0.29, 0.717) is 30.3 Å². The fraction of sp³-hybridized carbons (Fsp3) is 0.214. The molecule has 1 aliphatic heterocycles. The second kappa shape index (κ2) is 7.09. The second-order valence-electron chi connectivity index (χ2n) is 4.10. The van der Waals surface area contributed by atoms with Gasteiger partial charge in [-0.15, -0.1) is 6.58 Å². The lowest BCUT2D eigenvalue weighted by Gasteiger charge is -2.18. The van der Waals surface area contributed by atoms with Crippen LogP contribution in [0.25, 0.3) is 0 Å². The molecule has 0 spiro atoms. The third kappa shape index (κ3) is 4.07. The minimum atomic E-state index is -0.842. The maximum Gasteiger partial charge on any atom is 0.329 e. The highest BCUT2D eigenvalue weighted by Crippen LogP contribution is 2.30. The summed E-state index contributed by atoms with van der Waals surface area (Å²) < 4.78 is 10.8. The van der Waals surface area contributed by atoms with Crippen LogP contribution in [-0.2, 0) is 9.59 Å². The third-order valence-electron chi connectivity index (χ3n) is 2.56. The second-order valence-corrected chi connectivity index (χ2v) is 4.10. The number of benzene rings is 1. The normalized spacial score (nSPS) is 12.8. The Balaban J connectivity index is 1.90. The Hall–Kier alpha value is -2.83. The number of carbonyl (C=O) groups excluding carboxylic acids is 2. The van der Waals surface area contributed by atoms with Crippen LogP contribution in [-0.4, -0.2) is 37.8 Å². The largest absolute Gasteiger partial charge is 0.486 e. The van der Waals surface area contributed by atoms with E-state index in [1.54, 1.807) is 18.2 Å². The summed E-state index contributed by atoms with van der Waals surface area (Å²) in [5.74, 6) is -0.314. The Bertz CT molecular complexity index is 584. The van der Waals surface area contributed by atoms with Crippen LogP contribution in [0.4, 0.5) is 0 Å². The van der Waals surface area contributed by atoms with Crippen molar-refractivity contribution < 1.29 is 19.1 Å². The van der Waals surface area contributed by atoms with Crippen LogP contribution in [0.3, 0.4) is 0 Å². The molecular weight excluding hydrogens is 274 g/mol. The highest BCUT2D eigenvalue weighted by molar-refractivity contribution is 6.35. The zero-order chi connectivity index (χ0) is 15.1. The van der Waals surface area contributed by atoms with E-state index in [-0.39, 0.29) is 6.54 Å². The van der Waals surface area contributed by atoms with Gasteiger partial charge in [0.05, 0.1) is 6.21 Å². The lowest BCUT2D eigenvalue weighted by molar-refractivity contribution is -0.139. The van der Waals surface area contributed by atoms with Gasteiger partial charge in [0.2, 0.25) is 0 Å². The molecule has 1 aromatic carbocycles. The van der Waals surface area contributed by atoms with Crippen molar-refractivity contribution in [3.05, 3.63) is 36.4 Å². The molecule has 2 rings (SSSR count). The molecule has 21 heavy (non-hydrogen) atoms. The topological polar surface area (TPSA) is 89.0 Å². The molecule has 0 unspecified atom stereocenters. The van der Waals surface area contributed by atoms with Gasteiger partial charge in [0.1, 0.15) is 13.2 Å². The van der Waals surface area contributed by atoms with Gasteiger partial charge in [-0.1, -0.05) is 6.08 Å². The van der Waals surface area contributed by atoms with Gasteiger partial charge in [-0.05, 0) is 23.8 Å². The summed E-state index contributed by atoms with van der Waals surface area (Å²) in [7, 11) is 0. The van der Waals surface area contributed by atoms with E-state index in [9.17, 15) is 9.59 Å². The third-order valence-corrected chi connectivity index (χ3v) is 2.56. The van der Waals surface area contributed by atoms with Crippen LogP contribution in [0.5, 0.6) is 11.5 Å². The van der Waals surface area contributed by atoms with E-state index in [1.165, 1.54) is 12.3 Å². The molecule has 2 amide bonds. The molecule has 0 aliphatic carbocycles. The van der Waals surface area contributed by atoms with Crippen molar-refractivity contribution in [2.45, 2.75) is 0 Å². The first-order valence-corrected chi connectivity index (χ1v) is 6.32. The van der Waals surface area contributed by atoms with Crippen molar-refractivity contribution in [2.24, 2.45) is 5.10 Å². The van der Waals surface area contributed by atoms with Crippen LogP contribution in [0.2, 0.25) is 0 Å². The van der Waals surface area contributed by atoms with Crippen LogP contribution in [0.15, 0.2) is 36.0 Å². The van der Waals surface area contributed by atoms with Crippen molar-refractivity contribution in [2.75, 3.05) is 19.8 Å². The Kier molecular flexibility index (Phi) is 4.92. The van der Waals surface area contributed by atoms with Crippen LogP contribution < -0.4 is 20.2 Å². The molecule has 110 valence electrons. The van der Waals surface area contributed by atoms with Gasteiger partial charge in [-0.2, -0.15) is 5.10 Å². The van der Waals surface area contributed by atoms with E-state index in [2.05, 4.69) is 22.4 Å². The van der Waals surface area contributed by atoms with Gasteiger partial charge < -0.3 is 14.8 Å². The van der Waals surface area contributed by atoms with Gasteiger partial charge in [-0.25, -0.2) is 5.43 Å². The molecular formula is C14H15N3O4. The molecule has 1 aromatic rings. The van der Waals surface area contributed by atoms with Crippen molar-refractivity contribution in [1.29, 1.82) is 0 Å². The monoisotopic (exact) mass is 289 g/mol. The average molecular weight is 289 g/mol. The Morgan fingerprint density at radius 2 is 2.00 bits per heavy atom. The summed E-state index contributed by atoms with van der Waals surface area (Å²) >= 11 is 0. The summed E-state index contributed by atoms with van der Waals surface area (Å²) in [5.41, 5.74) is 2.85.